The number of amides is 1. The van der Waals surface area contributed by atoms with Crippen molar-refractivity contribution in [1.29, 1.82) is 0 Å². The Morgan fingerprint density at radius 3 is 2.58 bits per heavy atom. The third-order valence-corrected chi connectivity index (χ3v) is 3.78. The highest BCUT2D eigenvalue weighted by molar-refractivity contribution is 5.90. The average molecular weight is 251 g/mol. The zero-order valence-electron chi connectivity index (χ0n) is 11.2. The van der Waals surface area contributed by atoms with Gasteiger partial charge in [0.15, 0.2) is 0 Å². The van der Waals surface area contributed by atoms with Crippen molar-refractivity contribution < 1.29 is 4.79 Å². The lowest BCUT2D eigenvalue weighted by Crippen LogP contribution is -2.06. The summed E-state index contributed by atoms with van der Waals surface area (Å²) < 4.78 is 0. The van der Waals surface area contributed by atoms with Crippen LogP contribution >= 0.6 is 0 Å². The first-order valence-electron chi connectivity index (χ1n) is 6.71. The van der Waals surface area contributed by atoms with E-state index in [0.717, 1.165) is 12.1 Å². The molecule has 1 N–H and O–H groups in total. The zero-order valence-corrected chi connectivity index (χ0v) is 11.2. The number of hydrogen-bond donors (Lipinski definition) is 1. The molecular weight excluding hydrogens is 234 g/mol. The number of carbonyl (C=O) groups excluding carboxylic acids is 1. The fourth-order valence-corrected chi connectivity index (χ4v) is 3.03. The molecule has 1 amide bonds. The smallest absolute Gasteiger partial charge is 0.221 e. The highest BCUT2D eigenvalue weighted by Crippen LogP contribution is 2.46. The van der Waals surface area contributed by atoms with Gasteiger partial charge in [-0.25, -0.2) is 0 Å². The zero-order chi connectivity index (χ0) is 13.4. The Bertz CT molecular complexity index is 645. The van der Waals surface area contributed by atoms with Crippen molar-refractivity contribution in [3.05, 3.63) is 53.6 Å². The molecule has 0 unspecified atom stereocenters. The molecule has 0 radical (unpaired) electrons. The van der Waals surface area contributed by atoms with Gasteiger partial charge in [-0.05, 0) is 40.8 Å². The number of hydrogen-bond acceptors (Lipinski definition) is 1. The maximum atomic E-state index is 11.2. The molecule has 19 heavy (non-hydrogen) atoms. The Kier molecular flexibility index (Phi) is 2.86. The number of anilines is 1. The molecule has 96 valence electrons. The van der Waals surface area contributed by atoms with Gasteiger partial charge in [0.05, 0.1) is 0 Å². The van der Waals surface area contributed by atoms with E-state index in [4.69, 9.17) is 0 Å². The monoisotopic (exact) mass is 251 g/mol. The van der Waals surface area contributed by atoms with Gasteiger partial charge >= 0.3 is 0 Å². The maximum absolute atomic E-state index is 11.2. The number of nitrogens with one attached hydrogen (secondary N) is 1. The van der Waals surface area contributed by atoms with Crippen LogP contribution in [0, 0.1) is 0 Å². The predicted molar refractivity (Wildman–Crippen MR) is 78.3 cm³/mol. The Morgan fingerprint density at radius 2 is 1.84 bits per heavy atom. The van der Waals surface area contributed by atoms with Crippen molar-refractivity contribution in [2.24, 2.45) is 0 Å². The normalized spacial score (nSPS) is 15.8. The molecule has 1 atom stereocenters. The molecule has 3 rings (SSSR count). The summed E-state index contributed by atoms with van der Waals surface area (Å²) in [4.78, 5) is 11.2. The highest BCUT2D eigenvalue weighted by atomic mass is 16.1. The molecule has 0 aliphatic heterocycles. The lowest BCUT2D eigenvalue weighted by Gasteiger charge is -2.11. The lowest BCUT2D eigenvalue weighted by molar-refractivity contribution is -0.114. The minimum atomic E-state index is -0.0245. The van der Waals surface area contributed by atoms with Crippen molar-refractivity contribution in [3.8, 4) is 11.1 Å². The third-order valence-electron chi connectivity index (χ3n) is 3.78. The number of fused-ring (bicyclic) bond motifs is 3. The van der Waals surface area contributed by atoms with Gasteiger partial charge in [-0.1, -0.05) is 37.3 Å². The molecule has 0 fully saturated rings. The van der Waals surface area contributed by atoms with Crippen molar-refractivity contribution >= 4 is 11.6 Å². The molecule has 2 nitrogen and oxygen atoms in total. The molecule has 0 aromatic heterocycles. The fraction of sp³-hybridized carbons (Fsp3) is 0.235. The van der Waals surface area contributed by atoms with Crippen LogP contribution in [0.2, 0.25) is 0 Å². The average Bonchev–Trinajstić information content (AvgIpc) is 2.71. The second-order valence-electron chi connectivity index (χ2n) is 5.03. The van der Waals surface area contributed by atoms with Gasteiger partial charge in [0.2, 0.25) is 5.91 Å². The molecule has 2 aromatic rings. The van der Waals surface area contributed by atoms with E-state index in [0.29, 0.717) is 5.92 Å². The van der Waals surface area contributed by atoms with E-state index in [1.54, 1.807) is 6.92 Å². The quantitative estimate of drug-likeness (QED) is 0.852. The van der Waals surface area contributed by atoms with Crippen molar-refractivity contribution in [1.82, 2.24) is 0 Å². The van der Waals surface area contributed by atoms with Crippen LogP contribution < -0.4 is 5.32 Å². The highest BCUT2D eigenvalue weighted by Gasteiger charge is 2.27. The van der Waals surface area contributed by atoms with Gasteiger partial charge in [-0.2, -0.15) is 0 Å². The maximum Gasteiger partial charge on any atom is 0.221 e. The number of benzene rings is 2. The van der Waals surface area contributed by atoms with Gasteiger partial charge in [-0.3, -0.25) is 4.79 Å². The first-order valence-corrected chi connectivity index (χ1v) is 6.71. The van der Waals surface area contributed by atoms with Gasteiger partial charge in [0.25, 0.3) is 0 Å². The largest absolute Gasteiger partial charge is 0.326 e. The van der Waals surface area contributed by atoms with E-state index in [1.807, 2.05) is 6.07 Å². The molecule has 2 aromatic carbocycles. The molecular formula is C17H17NO. The van der Waals surface area contributed by atoms with Gasteiger partial charge in [0, 0.05) is 18.5 Å². The Morgan fingerprint density at radius 1 is 1.11 bits per heavy atom. The Labute approximate surface area is 113 Å². The van der Waals surface area contributed by atoms with E-state index >= 15 is 0 Å². The van der Waals surface area contributed by atoms with E-state index in [-0.39, 0.29) is 5.91 Å². The second-order valence-corrected chi connectivity index (χ2v) is 5.03. The van der Waals surface area contributed by atoms with Crippen LogP contribution in [-0.2, 0) is 4.79 Å². The standard InChI is InChI=1S/C17H17NO/c1-3-13-14-6-4-5-7-15(14)16-9-8-12(10-17(13)16)18-11(2)19/h4-10,13H,3H2,1-2H3,(H,18,19)/t13-/m0/s1. The minimum Gasteiger partial charge on any atom is -0.326 e. The van der Waals surface area contributed by atoms with E-state index < -0.39 is 0 Å². The number of rotatable bonds is 2. The van der Waals surface area contributed by atoms with Gasteiger partial charge in [-0.15, -0.1) is 0 Å². The summed E-state index contributed by atoms with van der Waals surface area (Å²) in [7, 11) is 0. The molecule has 0 saturated carbocycles. The summed E-state index contributed by atoms with van der Waals surface area (Å²) in [6.45, 7) is 3.75. The summed E-state index contributed by atoms with van der Waals surface area (Å²) in [6, 6.07) is 14.8. The van der Waals surface area contributed by atoms with Crippen molar-refractivity contribution in [2.45, 2.75) is 26.2 Å². The lowest BCUT2D eigenvalue weighted by atomic mass is 9.94. The van der Waals surface area contributed by atoms with Crippen LogP contribution in [0.4, 0.5) is 5.69 Å². The van der Waals surface area contributed by atoms with E-state index in [1.165, 1.54) is 22.3 Å². The minimum absolute atomic E-state index is 0.0245. The Balaban J connectivity index is 2.12. The molecule has 1 aliphatic carbocycles. The number of carbonyl (C=O) groups is 1. The fourth-order valence-electron chi connectivity index (χ4n) is 3.03. The summed E-state index contributed by atoms with van der Waals surface area (Å²) in [5.41, 5.74) is 6.25. The third kappa shape index (κ3) is 1.93. The summed E-state index contributed by atoms with van der Waals surface area (Å²) in [6.07, 6.45) is 1.08. The summed E-state index contributed by atoms with van der Waals surface area (Å²) in [5, 5.41) is 2.87. The molecule has 0 saturated heterocycles. The Hall–Kier alpha value is -2.09. The molecule has 2 heteroatoms. The van der Waals surface area contributed by atoms with Crippen LogP contribution in [0.1, 0.15) is 37.3 Å². The predicted octanol–water partition coefficient (Wildman–Crippen LogP) is 4.17. The van der Waals surface area contributed by atoms with Gasteiger partial charge < -0.3 is 5.32 Å². The van der Waals surface area contributed by atoms with Crippen LogP contribution in [0.25, 0.3) is 11.1 Å². The van der Waals surface area contributed by atoms with Gasteiger partial charge in [0.1, 0.15) is 0 Å². The van der Waals surface area contributed by atoms with Crippen molar-refractivity contribution in [3.63, 3.8) is 0 Å². The summed E-state index contributed by atoms with van der Waals surface area (Å²) in [5.74, 6) is 0.420. The SMILES string of the molecule is CC[C@H]1c2ccccc2-c2ccc(NC(C)=O)cc21. The molecule has 0 heterocycles. The molecule has 1 aliphatic rings. The molecule has 0 bridgehead atoms. The first-order chi connectivity index (χ1) is 9.20. The van der Waals surface area contributed by atoms with Crippen LogP contribution in [0.15, 0.2) is 42.5 Å². The second kappa shape index (κ2) is 4.54. The topological polar surface area (TPSA) is 29.1 Å². The first kappa shape index (κ1) is 12.0. The van der Waals surface area contributed by atoms with E-state index in [2.05, 4.69) is 48.6 Å². The van der Waals surface area contributed by atoms with Crippen molar-refractivity contribution in [2.75, 3.05) is 5.32 Å². The van der Waals surface area contributed by atoms with Crippen LogP contribution in [0.3, 0.4) is 0 Å². The van der Waals surface area contributed by atoms with Crippen LogP contribution in [0.5, 0.6) is 0 Å². The summed E-state index contributed by atoms with van der Waals surface area (Å²) >= 11 is 0. The van der Waals surface area contributed by atoms with Crippen LogP contribution in [-0.4, -0.2) is 5.91 Å². The van der Waals surface area contributed by atoms with E-state index in [9.17, 15) is 4.79 Å². The molecule has 0 spiro atoms.